The Kier molecular flexibility index (Phi) is 3.64. The summed E-state index contributed by atoms with van der Waals surface area (Å²) in [6.07, 6.45) is 1.70. The maximum absolute atomic E-state index is 14.2. The molecule has 1 amide bonds. The van der Waals surface area contributed by atoms with Gasteiger partial charge in [0.15, 0.2) is 5.82 Å². The van der Waals surface area contributed by atoms with Crippen LogP contribution in [0.2, 0.25) is 0 Å². The van der Waals surface area contributed by atoms with E-state index < -0.39 is 11.7 Å². The van der Waals surface area contributed by atoms with Crippen molar-refractivity contribution in [2.75, 3.05) is 5.32 Å². The summed E-state index contributed by atoms with van der Waals surface area (Å²) in [5, 5.41) is 6.60. The van der Waals surface area contributed by atoms with Gasteiger partial charge >= 0.3 is 0 Å². The number of nitrogens with one attached hydrogen (secondary N) is 1. The van der Waals surface area contributed by atoms with E-state index >= 15 is 0 Å². The molecular formula is C14H18FN3O. The summed E-state index contributed by atoms with van der Waals surface area (Å²) >= 11 is 0. The first kappa shape index (κ1) is 13.3. The average Bonchev–Trinajstić information content (AvgIpc) is 2.74. The smallest absolute Gasteiger partial charge is 0.259 e. The molecule has 0 saturated heterocycles. The molecule has 0 radical (unpaired) electrons. The first-order valence-electron chi connectivity index (χ1n) is 6.08. The van der Waals surface area contributed by atoms with Gasteiger partial charge in [-0.25, -0.2) is 4.39 Å². The van der Waals surface area contributed by atoms with Gasteiger partial charge in [0, 0.05) is 20.7 Å². The number of halogens is 1. The quantitative estimate of drug-likeness (QED) is 0.924. The van der Waals surface area contributed by atoms with Crippen LogP contribution in [-0.2, 0) is 7.05 Å². The Morgan fingerprint density at radius 2 is 2.16 bits per heavy atom. The van der Waals surface area contributed by atoms with Gasteiger partial charge in [-0.3, -0.25) is 9.48 Å². The molecule has 2 rings (SSSR count). The Labute approximate surface area is 112 Å². The minimum atomic E-state index is -0.487. The van der Waals surface area contributed by atoms with E-state index in [9.17, 15) is 9.18 Å². The number of anilines is 1. The van der Waals surface area contributed by atoms with Crippen LogP contribution in [-0.4, -0.2) is 15.7 Å². The zero-order valence-electron chi connectivity index (χ0n) is 11.1. The summed E-state index contributed by atoms with van der Waals surface area (Å²) in [6, 6.07) is 6.50. The lowest BCUT2D eigenvalue weighted by Crippen LogP contribution is -2.15. The van der Waals surface area contributed by atoms with Gasteiger partial charge in [0.05, 0.1) is 5.56 Å². The van der Waals surface area contributed by atoms with Crippen LogP contribution in [0.4, 0.5) is 10.2 Å². The molecule has 0 aliphatic rings. The van der Waals surface area contributed by atoms with Crippen molar-refractivity contribution in [1.29, 1.82) is 0 Å². The van der Waals surface area contributed by atoms with E-state index in [1.807, 2.05) is 13.8 Å². The van der Waals surface area contributed by atoms with Crippen molar-refractivity contribution in [3.05, 3.63) is 47.4 Å². The van der Waals surface area contributed by atoms with E-state index in [0.717, 1.165) is 0 Å². The van der Waals surface area contributed by atoms with Gasteiger partial charge < -0.3 is 5.32 Å². The molecule has 0 atom stereocenters. The average molecular weight is 263 g/mol. The summed E-state index contributed by atoms with van der Waals surface area (Å²) in [5.41, 5.74) is 0.575. The summed E-state index contributed by atoms with van der Waals surface area (Å²) in [5.74, 6) is -0.519. The normalized spacial score (nSPS) is 10.8. The van der Waals surface area contributed by atoms with Crippen LogP contribution in [0.15, 0.2) is 30.5 Å². The Morgan fingerprint density at radius 1 is 1.42 bits per heavy atom. The predicted molar refractivity (Wildman–Crippen MR) is 73.8 cm³/mol. The maximum Gasteiger partial charge on any atom is 0.259 e. The van der Waals surface area contributed by atoms with Gasteiger partial charge in [0.1, 0.15) is 5.82 Å². The number of aromatic nitrogens is 2. The Balaban J connectivity index is 0.00000200. The number of hydrogen-bond donors (Lipinski definition) is 1. The number of carbonyl (C=O) groups excluding carboxylic acids is 1. The molecular weight excluding hydrogens is 245 g/mol. The van der Waals surface area contributed by atoms with E-state index in [2.05, 4.69) is 10.4 Å². The molecule has 0 spiro atoms. The molecule has 1 heterocycles. The Hall–Kier alpha value is -2.17. The van der Waals surface area contributed by atoms with E-state index in [4.69, 9.17) is 0 Å². The summed E-state index contributed by atoms with van der Waals surface area (Å²) in [7, 11) is 1.75. The molecule has 1 N–H and O–H groups in total. The second kappa shape index (κ2) is 5.22. The lowest BCUT2D eigenvalue weighted by atomic mass is 9.99. The van der Waals surface area contributed by atoms with E-state index in [0.29, 0.717) is 11.4 Å². The first-order chi connectivity index (χ1) is 8.99. The largest absolute Gasteiger partial charge is 0.305 e. The van der Waals surface area contributed by atoms with Crippen molar-refractivity contribution < 1.29 is 10.6 Å². The lowest BCUT2D eigenvalue weighted by Gasteiger charge is -2.10. The van der Waals surface area contributed by atoms with Crippen molar-refractivity contribution in [2.45, 2.75) is 19.8 Å². The van der Waals surface area contributed by atoms with Gasteiger partial charge in [0.25, 0.3) is 5.91 Å². The molecule has 1 aromatic carbocycles. The van der Waals surface area contributed by atoms with E-state index in [1.54, 1.807) is 36.1 Å². The number of amides is 1. The molecule has 0 bridgehead atoms. The molecule has 5 heteroatoms. The van der Waals surface area contributed by atoms with Gasteiger partial charge in [-0.1, -0.05) is 26.0 Å². The molecule has 0 aliphatic carbocycles. The van der Waals surface area contributed by atoms with Crippen molar-refractivity contribution >= 4 is 11.7 Å². The maximum atomic E-state index is 14.2. The number of hydrogen-bond acceptors (Lipinski definition) is 2. The second-order valence-corrected chi connectivity index (χ2v) is 4.69. The number of carbonyl (C=O) groups is 1. The zero-order valence-corrected chi connectivity index (χ0v) is 11.1. The molecule has 0 aliphatic heterocycles. The number of rotatable bonds is 3. The van der Waals surface area contributed by atoms with Crippen molar-refractivity contribution in [2.24, 2.45) is 7.05 Å². The van der Waals surface area contributed by atoms with Gasteiger partial charge in [-0.2, -0.15) is 5.10 Å². The van der Waals surface area contributed by atoms with Crippen LogP contribution in [0.25, 0.3) is 0 Å². The van der Waals surface area contributed by atoms with Crippen molar-refractivity contribution in [3.8, 4) is 0 Å². The molecule has 0 unspecified atom stereocenters. The number of nitrogens with zero attached hydrogens (tertiary/aromatic N) is 2. The third-order valence-electron chi connectivity index (χ3n) is 2.85. The third-order valence-corrected chi connectivity index (χ3v) is 2.85. The first-order valence-corrected chi connectivity index (χ1v) is 6.08. The fourth-order valence-electron chi connectivity index (χ4n) is 1.84. The zero-order chi connectivity index (χ0) is 14.0. The van der Waals surface area contributed by atoms with E-state index in [-0.39, 0.29) is 12.9 Å². The minimum Gasteiger partial charge on any atom is -0.305 e. The Morgan fingerprint density at radius 3 is 2.74 bits per heavy atom. The van der Waals surface area contributed by atoms with Crippen LogP contribution in [0, 0.1) is 5.82 Å². The van der Waals surface area contributed by atoms with Gasteiger partial charge in [0.2, 0.25) is 0 Å². The predicted octanol–water partition coefficient (Wildman–Crippen LogP) is 3.18. The third kappa shape index (κ3) is 2.81. The van der Waals surface area contributed by atoms with Gasteiger partial charge in [-0.15, -0.1) is 0 Å². The molecule has 4 nitrogen and oxygen atoms in total. The highest BCUT2D eigenvalue weighted by molar-refractivity contribution is 6.04. The summed E-state index contributed by atoms with van der Waals surface area (Å²) in [6.45, 7) is 3.78. The molecule has 102 valence electrons. The highest BCUT2D eigenvalue weighted by Gasteiger charge is 2.17. The minimum absolute atomic E-state index is 0. The van der Waals surface area contributed by atoms with Crippen LogP contribution < -0.4 is 5.32 Å². The lowest BCUT2D eigenvalue weighted by molar-refractivity contribution is 0.102. The standard InChI is InChI=1S/C14H16FN3O.H2/c1-9(2)10-5-4-6-11(13(10)15)14(19)16-12-7-8-18(3)17-12;/h4-9H,1-3H3,(H,16,17,19);1H. The molecule has 0 fully saturated rings. The summed E-state index contributed by atoms with van der Waals surface area (Å²) in [4.78, 5) is 12.0. The number of benzene rings is 1. The molecule has 2 aromatic rings. The SMILES string of the molecule is CC(C)c1cccc(C(=O)Nc2ccn(C)n2)c1F.[HH]. The second-order valence-electron chi connectivity index (χ2n) is 4.69. The number of aryl methyl sites for hydroxylation is 1. The van der Waals surface area contributed by atoms with Crippen molar-refractivity contribution in [1.82, 2.24) is 9.78 Å². The van der Waals surface area contributed by atoms with Gasteiger partial charge in [-0.05, 0) is 17.5 Å². The fourth-order valence-corrected chi connectivity index (χ4v) is 1.84. The van der Waals surface area contributed by atoms with Crippen LogP contribution >= 0.6 is 0 Å². The van der Waals surface area contributed by atoms with Crippen LogP contribution in [0.5, 0.6) is 0 Å². The van der Waals surface area contributed by atoms with Crippen LogP contribution in [0.3, 0.4) is 0 Å². The highest BCUT2D eigenvalue weighted by Crippen LogP contribution is 2.21. The highest BCUT2D eigenvalue weighted by atomic mass is 19.1. The Bertz CT molecular complexity index is 610. The monoisotopic (exact) mass is 263 g/mol. The molecule has 19 heavy (non-hydrogen) atoms. The molecule has 0 saturated carbocycles. The van der Waals surface area contributed by atoms with Crippen molar-refractivity contribution in [3.63, 3.8) is 0 Å². The summed E-state index contributed by atoms with van der Waals surface area (Å²) < 4.78 is 15.8. The fraction of sp³-hybridized carbons (Fsp3) is 0.286. The van der Waals surface area contributed by atoms with E-state index in [1.165, 1.54) is 6.07 Å². The van der Waals surface area contributed by atoms with Crippen LogP contribution in [0.1, 0.15) is 37.1 Å². The molecule has 1 aromatic heterocycles. The topological polar surface area (TPSA) is 46.9 Å².